The summed E-state index contributed by atoms with van der Waals surface area (Å²) in [4.78, 5) is 11.9. The van der Waals surface area contributed by atoms with Gasteiger partial charge >= 0.3 is 0 Å². The molecule has 0 aliphatic heterocycles. The molecule has 0 fully saturated rings. The zero-order valence-electron chi connectivity index (χ0n) is 11.0. The number of ketones is 1. The van der Waals surface area contributed by atoms with Crippen LogP contribution in [0.1, 0.15) is 23.0 Å². The van der Waals surface area contributed by atoms with Gasteiger partial charge in [0.25, 0.3) is 0 Å². The first-order chi connectivity index (χ1) is 9.20. The van der Waals surface area contributed by atoms with Crippen molar-refractivity contribution in [3.63, 3.8) is 0 Å². The van der Waals surface area contributed by atoms with E-state index in [0.717, 1.165) is 11.3 Å². The molecule has 0 saturated carbocycles. The maximum atomic E-state index is 11.9. The molecule has 1 aromatic heterocycles. The summed E-state index contributed by atoms with van der Waals surface area (Å²) in [5.74, 6) is 0.770. The Morgan fingerprint density at radius 3 is 2.63 bits per heavy atom. The first-order valence-electron chi connectivity index (χ1n) is 6.14. The number of ether oxygens (including phenoxy) is 1. The van der Waals surface area contributed by atoms with Crippen LogP contribution in [0, 0.1) is 0 Å². The van der Waals surface area contributed by atoms with Gasteiger partial charge in [-0.15, -0.1) is 0 Å². The Kier molecular flexibility index (Phi) is 4.13. The lowest BCUT2D eigenvalue weighted by atomic mass is 10.1. The summed E-state index contributed by atoms with van der Waals surface area (Å²) < 4.78 is 6.92. The Morgan fingerprint density at radius 1 is 1.32 bits per heavy atom. The maximum absolute atomic E-state index is 11.9. The van der Waals surface area contributed by atoms with E-state index in [1.165, 1.54) is 0 Å². The van der Waals surface area contributed by atoms with Crippen LogP contribution in [0.5, 0.6) is 5.75 Å². The maximum Gasteiger partial charge on any atom is 0.203 e. The number of allylic oxidation sites excluding steroid dienone is 1. The third-order valence-electron chi connectivity index (χ3n) is 2.69. The van der Waals surface area contributed by atoms with E-state index in [0.29, 0.717) is 12.3 Å². The lowest BCUT2D eigenvalue weighted by Gasteiger charge is -2.02. The highest BCUT2D eigenvalue weighted by Crippen LogP contribution is 2.13. The fourth-order valence-electron chi connectivity index (χ4n) is 1.71. The summed E-state index contributed by atoms with van der Waals surface area (Å²) in [6, 6.07) is 9.30. The van der Waals surface area contributed by atoms with Gasteiger partial charge in [0.15, 0.2) is 0 Å². The van der Waals surface area contributed by atoms with E-state index in [-0.39, 0.29) is 5.78 Å². The Bertz CT molecular complexity index is 582. The minimum absolute atomic E-state index is 0.0612. The molecule has 0 N–H and O–H groups in total. The third-order valence-corrected chi connectivity index (χ3v) is 2.69. The van der Waals surface area contributed by atoms with E-state index in [1.54, 1.807) is 36.1 Å². The van der Waals surface area contributed by atoms with Crippen LogP contribution in [-0.2, 0) is 7.05 Å². The van der Waals surface area contributed by atoms with E-state index < -0.39 is 0 Å². The van der Waals surface area contributed by atoms with Gasteiger partial charge in [-0.25, -0.2) is 0 Å². The van der Waals surface area contributed by atoms with Crippen LogP contribution in [0.3, 0.4) is 0 Å². The minimum Gasteiger partial charge on any atom is -0.494 e. The summed E-state index contributed by atoms with van der Waals surface area (Å²) in [6.45, 7) is 2.59. The van der Waals surface area contributed by atoms with Crippen LogP contribution in [0.15, 0.2) is 42.6 Å². The average Bonchev–Trinajstić information content (AvgIpc) is 2.84. The van der Waals surface area contributed by atoms with Crippen LogP contribution in [-0.4, -0.2) is 22.2 Å². The molecule has 19 heavy (non-hydrogen) atoms. The van der Waals surface area contributed by atoms with Crippen molar-refractivity contribution in [2.45, 2.75) is 6.92 Å². The van der Waals surface area contributed by atoms with Gasteiger partial charge in [-0.3, -0.25) is 9.48 Å². The number of rotatable bonds is 5. The van der Waals surface area contributed by atoms with E-state index in [1.807, 2.05) is 31.2 Å². The number of hydrogen-bond acceptors (Lipinski definition) is 3. The molecule has 0 spiro atoms. The Balaban J connectivity index is 2.06. The molecule has 0 saturated heterocycles. The number of carbonyl (C=O) groups excluding carboxylic acids is 1. The van der Waals surface area contributed by atoms with Crippen LogP contribution in [0.2, 0.25) is 0 Å². The largest absolute Gasteiger partial charge is 0.494 e. The minimum atomic E-state index is -0.0612. The number of benzene rings is 1. The van der Waals surface area contributed by atoms with Crippen molar-refractivity contribution in [2.24, 2.45) is 7.05 Å². The summed E-state index contributed by atoms with van der Waals surface area (Å²) in [7, 11) is 1.75. The molecule has 98 valence electrons. The SMILES string of the molecule is CCOc1ccc(/C=C/C(=O)c2ccnn2C)cc1. The van der Waals surface area contributed by atoms with Crippen molar-refractivity contribution in [1.82, 2.24) is 9.78 Å². The van der Waals surface area contributed by atoms with Gasteiger partial charge in [0.05, 0.1) is 6.61 Å². The van der Waals surface area contributed by atoms with E-state index >= 15 is 0 Å². The van der Waals surface area contributed by atoms with Gasteiger partial charge in [0.2, 0.25) is 5.78 Å². The zero-order valence-corrected chi connectivity index (χ0v) is 11.0. The molecule has 0 unspecified atom stereocenters. The fraction of sp³-hybridized carbons (Fsp3) is 0.200. The zero-order chi connectivity index (χ0) is 13.7. The molecule has 4 nitrogen and oxygen atoms in total. The molecular formula is C15H16N2O2. The first kappa shape index (κ1) is 13.1. The van der Waals surface area contributed by atoms with Gasteiger partial charge in [0, 0.05) is 13.2 Å². The van der Waals surface area contributed by atoms with Crippen LogP contribution >= 0.6 is 0 Å². The van der Waals surface area contributed by atoms with Gasteiger partial charge in [0.1, 0.15) is 11.4 Å². The second-order valence-corrected chi connectivity index (χ2v) is 4.04. The van der Waals surface area contributed by atoms with Crippen molar-refractivity contribution < 1.29 is 9.53 Å². The Morgan fingerprint density at radius 2 is 2.05 bits per heavy atom. The van der Waals surface area contributed by atoms with Crippen LogP contribution in [0.25, 0.3) is 6.08 Å². The van der Waals surface area contributed by atoms with Gasteiger partial charge < -0.3 is 4.74 Å². The average molecular weight is 256 g/mol. The highest BCUT2D eigenvalue weighted by Gasteiger charge is 2.05. The smallest absolute Gasteiger partial charge is 0.203 e. The molecule has 4 heteroatoms. The van der Waals surface area contributed by atoms with Gasteiger partial charge in [-0.1, -0.05) is 18.2 Å². The van der Waals surface area contributed by atoms with E-state index in [9.17, 15) is 4.79 Å². The standard InChI is InChI=1S/C15H16N2O2/c1-3-19-13-7-4-12(5-8-13)6-9-15(18)14-10-11-16-17(14)2/h4-11H,3H2,1-2H3/b9-6+. The Hall–Kier alpha value is -2.36. The molecule has 0 aliphatic carbocycles. The molecule has 0 radical (unpaired) electrons. The highest BCUT2D eigenvalue weighted by molar-refractivity contribution is 6.05. The van der Waals surface area contributed by atoms with E-state index in [2.05, 4.69) is 5.10 Å². The molecule has 2 aromatic rings. The molecule has 2 rings (SSSR count). The molecule has 0 bridgehead atoms. The topological polar surface area (TPSA) is 44.1 Å². The summed E-state index contributed by atoms with van der Waals surface area (Å²) >= 11 is 0. The Labute approximate surface area is 112 Å². The number of nitrogens with zero attached hydrogens (tertiary/aromatic N) is 2. The number of hydrogen-bond donors (Lipinski definition) is 0. The molecule has 1 heterocycles. The monoisotopic (exact) mass is 256 g/mol. The fourth-order valence-corrected chi connectivity index (χ4v) is 1.71. The van der Waals surface area contributed by atoms with Gasteiger partial charge in [-0.2, -0.15) is 5.10 Å². The number of aromatic nitrogens is 2. The summed E-state index contributed by atoms with van der Waals surface area (Å²) in [5.41, 5.74) is 1.53. The van der Waals surface area contributed by atoms with Crippen molar-refractivity contribution in [3.05, 3.63) is 53.9 Å². The number of carbonyl (C=O) groups is 1. The predicted octanol–water partition coefficient (Wildman–Crippen LogP) is 2.71. The molecule has 0 aliphatic rings. The van der Waals surface area contributed by atoms with Crippen molar-refractivity contribution in [3.8, 4) is 5.75 Å². The van der Waals surface area contributed by atoms with E-state index in [4.69, 9.17) is 4.74 Å². The summed E-state index contributed by atoms with van der Waals surface area (Å²) in [5, 5.41) is 3.97. The van der Waals surface area contributed by atoms with Crippen LogP contribution in [0.4, 0.5) is 0 Å². The predicted molar refractivity (Wildman–Crippen MR) is 74.2 cm³/mol. The third kappa shape index (κ3) is 3.31. The lowest BCUT2D eigenvalue weighted by Crippen LogP contribution is -2.03. The normalized spacial score (nSPS) is 10.8. The molecule has 0 amide bonds. The highest BCUT2D eigenvalue weighted by atomic mass is 16.5. The quantitative estimate of drug-likeness (QED) is 0.610. The van der Waals surface area contributed by atoms with Crippen molar-refractivity contribution in [1.29, 1.82) is 0 Å². The summed E-state index contributed by atoms with van der Waals surface area (Å²) in [6.07, 6.45) is 4.94. The first-order valence-corrected chi connectivity index (χ1v) is 6.14. The lowest BCUT2D eigenvalue weighted by molar-refractivity contribution is 0.103. The van der Waals surface area contributed by atoms with Gasteiger partial charge in [-0.05, 0) is 36.8 Å². The molecule has 0 atom stereocenters. The molecular weight excluding hydrogens is 240 g/mol. The molecule has 1 aromatic carbocycles. The second-order valence-electron chi connectivity index (χ2n) is 4.04. The van der Waals surface area contributed by atoms with Crippen LogP contribution < -0.4 is 4.74 Å². The van der Waals surface area contributed by atoms with Crippen molar-refractivity contribution >= 4 is 11.9 Å². The number of aryl methyl sites for hydroxylation is 1. The van der Waals surface area contributed by atoms with Crippen molar-refractivity contribution in [2.75, 3.05) is 6.61 Å². The second kappa shape index (κ2) is 6.00.